The van der Waals surface area contributed by atoms with Crippen LogP contribution < -0.4 is 0 Å². The summed E-state index contributed by atoms with van der Waals surface area (Å²) in [7, 11) is 0. The van der Waals surface area contributed by atoms with Gasteiger partial charge in [-0.05, 0) is 43.0 Å². The van der Waals surface area contributed by atoms with Crippen LogP contribution in [0.5, 0.6) is 0 Å². The number of thiophene rings is 1. The van der Waals surface area contributed by atoms with Crippen LogP contribution in [-0.2, 0) is 0 Å². The Morgan fingerprint density at radius 3 is 2.90 bits per heavy atom. The van der Waals surface area contributed by atoms with Crippen LogP contribution in [0.3, 0.4) is 0 Å². The van der Waals surface area contributed by atoms with Crippen LogP contribution in [0.2, 0.25) is 0 Å². The summed E-state index contributed by atoms with van der Waals surface area (Å²) < 4.78 is 28.7. The van der Waals surface area contributed by atoms with Gasteiger partial charge < -0.3 is 4.57 Å². The Balaban J connectivity index is 1.45. The summed E-state index contributed by atoms with van der Waals surface area (Å²) in [6, 6.07) is 2.52. The molecule has 0 spiro atoms. The molecule has 2 nitrogen and oxygen atoms in total. The highest BCUT2D eigenvalue weighted by Crippen LogP contribution is 2.46. The third-order valence-electron chi connectivity index (χ3n) is 4.96. The fourth-order valence-corrected chi connectivity index (χ4v) is 4.77. The van der Waals surface area contributed by atoms with E-state index in [1.807, 2.05) is 12.5 Å². The van der Waals surface area contributed by atoms with Gasteiger partial charge in [-0.3, -0.25) is 0 Å². The molecule has 112 valence electrons. The normalized spacial score (nSPS) is 24.0. The van der Waals surface area contributed by atoms with Gasteiger partial charge in [0.15, 0.2) is 0 Å². The number of hydrogen-bond donors (Lipinski definition) is 0. The van der Waals surface area contributed by atoms with Crippen molar-refractivity contribution < 1.29 is 8.78 Å². The standard InChI is InChI=1S/C16H18F2N2S/c17-16(18)6-3-11(4-7-16)1-2-13-15-12(5-8-21-15)14-9-19-10-20(13)14/h5,8-11,13H,1-4,6-7H2. The van der Waals surface area contributed by atoms with E-state index in [4.69, 9.17) is 0 Å². The van der Waals surface area contributed by atoms with E-state index in [1.54, 1.807) is 11.3 Å². The average Bonchev–Trinajstić information content (AvgIpc) is 3.12. The summed E-state index contributed by atoms with van der Waals surface area (Å²) in [6.07, 6.45) is 7.39. The number of fused-ring (bicyclic) bond motifs is 3. The summed E-state index contributed by atoms with van der Waals surface area (Å²) in [5.74, 6) is -1.96. The second-order valence-electron chi connectivity index (χ2n) is 6.28. The minimum absolute atomic E-state index is 0.0723. The molecule has 0 aromatic carbocycles. The van der Waals surface area contributed by atoms with E-state index in [-0.39, 0.29) is 12.8 Å². The largest absolute Gasteiger partial charge is 0.322 e. The van der Waals surface area contributed by atoms with E-state index >= 15 is 0 Å². The number of halogens is 2. The average molecular weight is 308 g/mol. The third kappa shape index (κ3) is 2.31. The zero-order valence-corrected chi connectivity index (χ0v) is 12.6. The zero-order valence-electron chi connectivity index (χ0n) is 11.8. The van der Waals surface area contributed by atoms with Crippen LogP contribution in [0, 0.1) is 5.92 Å². The molecule has 0 bridgehead atoms. The van der Waals surface area contributed by atoms with Gasteiger partial charge in [-0.2, -0.15) is 0 Å². The lowest BCUT2D eigenvalue weighted by Gasteiger charge is -2.29. The first-order valence-corrected chi connectivity index (χ1v) is 8.49. The van der Waals surface area contributed by atoms with Gasteiger partial charge in [0.2, 0.25) is 5.92 Å². The van der Waals surface area contributed by atoms with Gasteiger partial charge in [0, 0.05) is 23.3 Å². The van der Waals surface area contributed by atoms with Crippen LogP contribution in [0.1, 0.15) is 49.4 Å². The number of imidazole rings is 1. The van der Waals surface area contributed by atoms with Gasteiger partial charge in [0.05, 0.1) is 24.3 Å². The lowest BCUT2D eigenvalue weighted by atomic mass is 9.83. The molecule has 0 N–H and O–H groups in total. The summed E-state index contributed by atoms with van der Waals surface area (Å²) in [4.78, 5) is 5.67. The predicted molar refractivity (Wildman–Crippen MR) is 79.8 cm³/mol. The van der Waals surface area contributed by atoms with Gasteiger partial charge in [0.25, 0.3) is 0 Å². The molecule has 2 aromatic rings. The molecule has 2 aliphatic rings. The molecule has 1 aliphatic heterocycles. The van der Waals surface area contributed by atoms with Crippen molar-refractivity contribution in [1.29, 1.82) is 0 Å². The van der Waals surface area contributed by atoms with Gasteiger partial charge in [0.1, 0.15) is 0 Å². The monoisotopic (exact) mass is 308 g/mol. The molecule has 1 atom stereocenters. The maximum atomic E-state index is 13.2. The fraction of sp³-hybridized carbons (Fsp3) is 0.562. The Labute approximate surface area is 126 Å². The molecule has 3 heterocycles. The number of rotatable bonds is 3. The summed E-state index contributed by atoms with van der Waals surface area (Å²) in [5.41, 5.74) is 2.50. The topological polar surface area (TPSA) is 17.8 Å². The van der Waals surface area contributed by atoms with Crippen molar-refractivity contribution in [3.8, 4) is 11.3 Å². The molecule has 1 saturated carbocycles. The van der Waals surface area contributed by atoms with E-state index in [9.17, 15) is 8.78 Å². The molecule has 1 fully saturated rings. The molecule has 21 heavy (non-hydrogen) atoms. The Morgan fingerprint density at radius 1 is 1.29 bits per heavy atom. The van der Waals surface area contributed by atoms with Crippen molar-refractivity contribution in [2.75, 3.05) is 0 Å². The van der Waals surface area contributed by atoms with Crippen LogP contribution in [0.15, 0.2) is 24.0 Å². The van der Waals surface area contributed by atoms with Crippen molar-refractivity contribution in [2.24, 2.45) is 5.92 Å². The fourth-order valence-electron chi connectivity index (χ4n) is 3.73. The predicted octanol–water partition coefficient (Wildman–Crippen LogP) is 5.12. The molecule has 2 aromatic heterocycles. The molecular formula is C16H18F2N2S. The number of aromatic nitrogens is 2. The lowest BCUT2D eigenvalue weighted by Crippen LogP contribution is -2.24. The van der Waals surface area contributed by atoms with E-state index < -0.39 is 5.92 Å². The second-order valence-corrected chi connectivity index (χ2v) is 7.22. The minimum atomic E-state index is -2.41. The molecule has 4 rings (SSSR count). The second kappa shape index (κ2) is 4.90. The first kappa shape index (κ1) is 13.4. The van der Waals surface area contributed by atoms with E-state index in [0.717, 1.165) is 12.8 Å². The molecular weight excluding hydrogens is 290 g/mol. The molecule has 0 amide bonds. The summed E-state index contributed by atoms with van der Waals surface area (Å²) in [6.45, 7) is 0. The molecule has 0 radical (unpaired) electrons. The van der Waals surface area contributed by atoms with Crippen molar-refractivity contribution in [3.05, 3.63) is 28.8 Å². The van der Waals surface area contributed by atoms with Crippen LogP contribution in [0.4, 0.5) is 8.78 Å². The quantitative estimate of drug-likeness (QED) is 0.769. The van der Waals surface area contributed by atoms with Crippen molar-refractivity contribution in [2.45, 2.75) is 50.5 Å². The maximum Gasteiger partial charge on any atom is 0.248 e. The number of hydrogen-bond acceptors (Lipinski definition) is 2. The highest BCUT2D eigenvalue weighted by atomic mass is 32.1. The number of alkyl halides is 2. The Hall–Kier alpha value is -1.23. The minimum Gasteiger partial charge on any atom is -0.322 e. The molecule has 0 saturated heterocycles. The Morgan fingerprint density at radius 2 is 2.10 bits per heavy atom. The lowest BCUT2D eigenvalue weighted by molar-refractivity contribution is -0.0468. The molecule has 1 unspecified atom stereocenters. The highest BCUT2D eigenvalue weighted by molar-refractivity contribution is 7.10. The Kier molecular flexibility index (Phi) is 3.14. The first-order valence-electron chi connectivity index (χ1n) is 7.61. The molecule has 5 heteroatoms. The van der Waals surface area contributed by atoms with Crippen molar-refractivity contribution in [1.82, 2.24) is 9.55 Å². The SMILES string of the molecule is FC1(F)CCC(CCC2c3sccc3-c3cncn32)CC1. The summed E-state index contributed by atoms with van der Waals surface area (Å²) in [5, 5.41) is 2.13. The van der Waals surface area contributed by atoms with Crippen molar-refractivity contribution in [3.63, 3.8) is 0 Å². The highest BCUT2D eigenvalue weighted by Gasteiger charge is 2.36. The van der Waals surface area contributed by atoms with Crippen molar-refractivity contribution >= 4 is 11.3 Å². The van der Waals surface area contributed by atoms with Crippen LogP contribution >= 0.6 is 11.3 Å². The number of nitrogens with zero attached hydrogens (tertiary/aromatic N) is 2. The Bertz CT molecular complexity index is 596. The zero-order chi connectivity index (χ0) is 14.4. The van der Waals surface area contributed by atoms with E-state index in [2.05, 4.69) is 21.0 Å². The van der Waals surface area contributed by atoms with Crippen LogP contribution in [0.25, 0.3) is 11.3 Å². The maximum absolute atomic E-state index is 13.2. The van der Waals surface area contributed by atoms with E-state index in [1.165, 1.54) is 16.1 Å². The van der Waals surface area contributed by atoms with Gasteiger partial charge in [-0.15, -0.1) is 11.3 Å². The van der Waals surface area contributed by atoms with E-state index in [0.29, 0.717) is 24.8 Å². The van der Waals surface area contributed by atoms with Crippen LogP contribution in [-0.4, -0.2) is 15.5 Å². The van der Waals surface area contributed by atoms with Gasteiger partial charge in [-0.1, -0.05) is 0 Å². The molecule has 1 aliphatic carbocycles. The van der Waals surface area contributed by atoms with Gasteiger partial charge in [-0.25, -0.2) is 13.8 Å². The van der Waals surface area contributed by atoms with Gasteiger partial charge >= 0.3 is 0 Å². The third-order valence-corrected chi connectivity index (χ3v) is 5.98. The smallest absolute Gasteiger partial charge is 0.248 e. The first-order chi connectivity index (χ1) is 10.1. The summed E-state index contributed by atoms with van der Waals surface area (Å²) >= 11 is 1.80.